The number of rotatable bonds is 5. The fourth-order valence-electron chi connectivity index (χ4n) is 1.03. The first-order chi connectivity index (χ1) is 7.22. The minimum absolute atomic E-state index is 0.0282. The van der Waals surface area contributed by atoms with Gasteiger partial charge in [0.1, 0.15) is 11.6 Å². The summed E-state index contributed by atoms with van der Waals surface area (Å²) in [6, 6.07) is 3.65. The lowest BCUT2D eigenvalue weighted by Crippen LogP contribution is -2.26. The van der Waals surface area contributed by atoms with Gasteiger partial charge in [0.2, 0.25) is 5.91 Å². The van der Waals surface area contributed by atoms with Gasteiger partial charge in [-0.3, -0.25) is 4.79 Å². The number of pyridine rings is 1. The van der Waals surface area contributed by atoms with Crippen LogP contribution < -0.4 is 15.4 Å². The standard InChI is InChI=1S/C10H15N3O2/c1-8(14)11-5-6-12-10-4-3-9(15-2)7-13-10/h3-4,7H,5-6H2,1-2H3,(H,11,14)(H,12,13). The van der Waals surface area contributed by atoms with Crippen molar-refractivity contribution in [3.8, 4) is 5.75 Å². The van der Waals surface area contributed by atoms with E-state index in [9.17, 15) is 4.79 Å². The third-order valence-corrected chi connectivity index (χ3v) is 1.78. The van der Waals surface area contributed by atoms with Gasteiger partial charge >= 0.3 is 0 Å². The molecule has 5 heteroatoms. The van der Waals surface area contributed by atoms with Crippen molar-refractivity contribution in [2.45, 2.75) is 6.92 Å². The summed E-state index contributed by atoms with van der Waals surface area (Å²) in [6.45, 7) is 2.73. The Morgan fingerprint density at radius 1 is 1.47 bits per heavy atom. The number of anilines is 1. The van der Waals surface area contributed by atoms with Crippen LogP contribution in [-0.4, -0.2) is 31.1 Å². The molecule has 0 aromatic carbocycles. The van der Waals surface area contributed by atoms with E-state index in [-0.39, 0.29) is 5.91 Å². The molecule has 0 aliphatic heterocycles. The Kier molecular flexibility index (Phi) is 4.40. The van der Waals surface area contributed by atoms with Gasteiger partial charge in [-0.1, -0.05) is 0 Å². The topological polar surface area (TPSA) is 63.2 Å². The van der Waals surface area contributed by atoms with Crippen molar-refractivity contribution in [2.75, 3.05) is 25.5 Å². The van der Waals surface area contributed by atoms with Gasteiger partial charge in [-0.2, -0.15) is 0 Å². The zero-order valence-electron chi connectivity index (χ0n) is 8.91. The van der Waals surface area contributed by atoms with E-state index in [1.165, 1.54) is 6.92 Å². The highest BCUT2D eigenvalue weighted by atomic mass is 16.5. The van der Waals surface area contributed by atoms with E-state index < -0.39 is 0 Å². The molecule has 1 heterocycles. The van der Waals surface area contributed by atoms with Crippen molar-refractivity contribution in [1.82, 2.24) is 10.3 Å². The van der Waals surface area contributed by atoms with Gasteiger partial charge in [0.25, 0.3) is 0 Å². The predicted molar refractivity (Wildman–Crippen MR) is 58.0 cm³/mol. The summed E-state index contributed by atoms with van der Waals surface area (Å²) in [5, 5.41) is 5.75. The van der Waals surface area contributed by atoms with Crippen LogP contribution in [0.25, 0.3) is 0 Å². The Hall–Kier alpha value is -1.78. The third kappa shape index (κ3) is 4.30. The van der Waals surface area contributed by atoms with Crippen LogP contribution in [0.2, 0.25) is 0 Å². The van der Waals surface area contributed by atoms with E-state index in [1.807, 2.05) is 12.1 Å². The van der Waals surface area contributed by atoms with Crippen molar-refractivity contribution in [1.29, 1.82) is 0 Å². The first-order valence-corrected chi connectivity index (χ1v) is 4.70. The second-order valence-corrected chi connectivity index (χ2v) is 2.99. The summed E-state index contributed by atoms with van der Waals surface area (Å²) >= 11 is 0. The molecule has 1 aromatic rings. The Morgan fingerprint density at radius 2 is 2.27 bits per heavy atom. The number of hydrogen-bond acceptors (Lipinski definition) is 4. The Labute approximate surface area is 88.9 Å². The molecule has 0 fully saturated rings. The summed E-state index contributed by atoms with van der Waals surface area (Å²) < 4.78 is 4.98. The fourth-order valence-corrected chi connectivity index (χ4v) is 1.03. The number of ether oxygens (including phenoxy) is 1. The lowest BCUT2D eigenvalue weighted by molar-refractivity contribution is -0.118. The molecular formula is C10H15N3O2. The number of nitrogens with zero attached hydrogens (tertiary/aromatic N) is 1. The third-order valence-electron chi connectivity index (χ3n) is 1.78. The number of hydrogen-bond donors (Lipinski definition) is 2. The maximum absolute atomic E-state index is 10.6. The molecule has 15 heavy (non-hydrogen) atoms. The smallest absolute Gasteiger partial charge is 0.216 e. The fraction of sp³-hybridized carbons (Fsp3) is 0.400. The molecule has 82 valence electrons. The van der Waals surface area contributed by atoms with Gasteiger partial charge < -0.3 is 15.4 Å². The zero-order chi connectivity index (χ0) is 11.1. The largest absolute Gasteiger partial charge is 0.495 e. The quantitative estimate of drug-likeness (QED) is 0.698. The van der Waals surface area contributed by atoms with Gasteiger partial charge in [-0.25, -0.2) is 4.98 Å². The van der Waals surface area contributed by atoms with Crippen molar-refractivity contribution >= 4 is 11.7 Å². The molecule has 1 rings (SSSR count). The average Bonchev–Trinajstić information content (AvgIpc) is 2.25. The van der Waals surface area contributed by atoms with Gasteiger partial charge in [-0.15, -0.1) is 0 Å². The maximum Gasteiger partial charge on any atom is 0.216 e. The second-order valence-electron chi connectivity index (χ2n) is 2.99. The van der Waals surface area contributed by atoms with E-state index in [0.717, 1.165) is 11.6 Å². The van der Waals surface area contributed by atoms with Crippen molar-refractivity contribution in [3.05, 3.63) is 18.3 Å². The lowest BCUT2D eigenvalue weighted by Gasteiger charge is -2.06. The van der Waals surface area contributed by atoms with Crippen molar-refractivity contribution < 1.29 is 9.53 Å². The summed E-state index contributed by atoms with van der Waals surface area (Å²) in [4.78, 5) is 14.7. The maximum atomic E-state index is 10.6. The number of carbonyl (C=O) groups is 1. The number of aromatic nitrogens is 1. The van der Waals surface area contributed by atoms with Gasteiger partial charge in [-0.05, 0) is 12.1 Å². The molecule has 0 spiro atoms. The summed E-state index contributed by atoms with van der Waals surface area (Å²) in [5.41, 5.74) is 0. The van der Waals surface area contributed by atoms with Crippen molar-refractivity contribution in [2.24, 2.45) is 0 Å². The predicted octanol–water partition coefficient (Wildman–Crippen LogP) is 0.638. The second kappa shape index (κ2) is 5.85. The van der Waals surface area contributed by atoms with Crippen LogP contribution in [0.3, 0.4) is 0 Å². The van der Waals surface area contributed by atoms with Crippen molar-refractivity contribution in [3.63, 3.8) is 0 Å². The molecule has 0 unspecified atom stereocenters. The monoisotopic (exact) mass is 209 g/mol. The van der Waals surface area contributed by atoms with Gasteiger partial charge in [0, 0.05) is 20.0 Å². The molecule has 0 atom stereocenters. The minimum Gasteiger partial charge on any atom is -0.495 e. The average molecular weight is 209 g/mol. The lowest BCUT2D eigenvalue weighted by atomic mass is 10.4. The SMILES string of the molecule is COc1ccc(NCCNC(C)=O)nc1. The molecule has 2 N–H and O–H groups in total. The first kappa shape index (κ1) is 11.3. The normalized spacial score (nSPS) is 9.47. The van der Waals surface area contributed by atoms with Crippen LogP contribution in [0.15, 0.2) is 18.3 Å². The van der Waals surface area contributed by atoms with E-state index in [4.69, 9.17) is 4.74 Å². The van der Waals surface area contributed by atoms with E-state index in [1.54, 1.807) is 13.3 Å². The Bertz CT molecular complexity index is 311. The Morgan fingerprint density at radius 3 is 2.80 bits per heavy atom. The molecular weight excluding hydrogens is 194 g/mol. The summed E-state index contributed by atoms with van der Waals surface area (Å²) in [5.74, 6) is 1.46. The van der Waals surface area contributed by atoms with Gasteiger partial charge in [0.15, 0.2) is 0 Å². The van der Waals surface area contributed by atoms with Gasteiger partial charge in [0.05, 0.1) is 13.3 Å². The number of carbonyl (C=O) groups excluding carboxylic acids is 1. The first-order valence-electron chi connectivity index (χ1n) is 4.70. The van der Waals surface area contributed by atoms with Crippen LogP contribution in [0.4, 0.5) is 5.82 Å². The van der Waals surface area contributed by atoms with Crippen LogP contribution in [0.5, 0.6) is 5.75 Å². The number of amides is 1. The molecule has 5 nitrogen and oxygen atoms in total. The molecule has 1 aromatic heterocycles. The minimum atomic E-state index is -0.0282. The molecule has 0 saturated heterocycles. The van der Waals surface area contributed by atoms with E-state index in [2.05, 4.69) is 15.6 Å². The van der Waals surface area contributed by atoms with Crippen LogP contribution in [0.1, 0.15) is 6.92 Å². The summed E-state index contributed by atoms with van der Waals surface area (Å²) in [6.07, 6.45) is 1.64. The highest BCUT2D eigenvalue weighted by Crippen LogP contribution is 2.10. The van der Waals surface area contributed by atoms with Crippen LogP contribution in [-0.2, 0) is 4.79 Å². The highest BCUT2D eigenvalue weighted by molar-refractivity contribution is 5.72. The van der Waals surface area contributed by atoms with Crippen LogP contribution >= 0.6 is 0 Å². The molecule has 0 aliphatic carbocycles. The zero-order valence-corrected chi connectivity index (χ0v) is 8.91. The molecule has 0 aliphatic rings. The Balaban J connectivity index is 2.28. The summed E-state index contributed by atoms with van der Waals surface area (Å²) in [7, 11) is 1.60. The number of nitrogens with one attached hydrogen (secondary N) is 2. The highest BCUT2D eigenvalue weighted by Gasteiger charge is 1.95. The van der Waals surface area contributed by atoms with E-state index >= 15 is 0 Å². The van der Waals surface area contributed by atoms with Crippen LogP contribution in [0, 0.1) is 0 Å². The number of methoxy groups -OCH3 is 1. The molecule has 0 radical (unpaired) electrons. The molecule has 0 saturated carbocycles. The molecule has 0 bridgehead atoms. The molecule has 1 amide bonds. The van der Waals surface area contributed by atoms with E-state index in [0.29, 0.717) is 13.1 Å².